The van der Waals surface area contributed by atoms with E-state index < -0.39 is 34.0 Å². The molecule has 3 aliphatic heterocycles. The van der Waals surface area contributed by atoms with Gasteiger partial charge in [0.25, 0.3) is 0 Å². The van der Waals surface area contributed by atoms with E-state index in [1.54, 1.807) is 0 Å². The minimum atomic E-state index is -4.51. The van der Waals surface area contributed by atoms with Gasteiger partial charge in [-0.15, -0.1) is 0 Å². The van der Waals surface area contributed by atoms with Crippen LogP contribution in [0, 0.1) is 23.7 Å². The maximum Gasteiger partial charge on any atom is 0.472 e. The third-order valence-corrected chi connectivity index (χ3v) is 11.7. The van der Waals surface area contributed by atoms with Gasteiger partial charge in [0, 0.05) is 18.9 Å². The summed E-state index contributed by atoms with van der Waals surface area (Å²) in [5, 5.41) is 0. The number of ether oxygens (including phenoxy) is 2. The molecule has 0 aliphatic carbocycles. The highest BCUT2D eigenvalue weighted by Gasteiger charge is 2.49. The Morgan fingerprint density at radius 1 is 0.881 bits per heavy atom. The summed E-state index contributed by atoms with van der Waals surface area (Å²) >= 11 is 0. The van der Waals surface area contributed by atoms with Crippen molar-refractivity contribution in [1.29, 1.82) is 0 Å². The van der Waals surface area contributed by atoms with Crippen molar-refractivity contribution in [2.75, 3.05) is 13.7 Å². The lowest BCUT2D eigenvalue weighted by Gasteiger charge is -2.28. The summed E-state index contributed by atoms with van der Waals surface area (Å²) in [6, 6.07) is 0. The van der Waals surface area contributed by atoms with E-state index in [4.69, 9.17) is 27.6 Å². The van der Waals surface area contributed by atoms with Crippen molar-refractivity contribution in [3.63, 3.8) is 0 Å². The van der Waals surface area contributed by atoms with Crippen LogP contribution in [-0.4, -0.2) is 60.1 Å². The van der Waals surface area contributed by atoms with Gasteiger partial charge in [0.2, 0.25) is 0 Å². The van der Waals surface area contributed by atoms with E-state index in [2.05, 4.69) is 13.8 Å². The minimum Gasteiger partial charge on any atom is -0.372 e. The Hall–Kier alpha value is 0.140. The zero-order valence-corrected chi connectivity index (χ0v) is 28.5. The highest BCUT2D eigenvalue weighted by atomic mass is 31.2. The maximum atomic E-state index is 13.3. The number of hydrogen-bond acceptors (Lipinski definition) is 8. The van der Waals surface area contributed by atoms with Crippen LogP contribution in [0.3, 0.4) is 0 Å². The van der Waals surface area contributed by atoms with Gasteiger partial charge in [-0.3, -0.25) is 18.1 Å². The van der Waals surface area contributed by atoms with Crippen LogP contribution in [0.1, 0.15) is 118 Å². The number of fused-ring (bicyclic) bond motifs is 3. The molecule has 42 heavy (non-hydrogen) atoms. The smallest absolute Gasteiger partial charge is 0.372 e. The number of phosphoric acid groups is 2. The van der Waals surface area contributed by atoms with E-state index >= 15 is 0 Å². The van der Waals surface area contributed by atoms with Crippen LogP contribution >= 0.6 is 15.6 Å². The molecule has 0 aromatic carbocycles. The second kappa shape index (κ2) is 17.2. The lowest BCUT2D eigenvalue weighted by atomic mass is 9.83. The molecule has 12 atom stereocenters. The van der Waals surface area contributed by atoms with Gasteiger partial charge in [-0.25, -0.2) is 9.13 Å². The molecule has 2 N–H and O–H groups in total. The Bertz CT molecular complexity index is 890. The molecule has 0 amide bonds. The Balaban J connectivity index is 1.86. The third-order valence-electron chi connectivity index (χ3n) is 9.79. The van der Waals surface area contributed by atoms with Crippen LogP contribution in [-0.2, 0) is 36.7 Å². The number of rotatable bonds is 8. The van der Waals surface area contributed by atoms with E-state index in [1.165, 1.54) is 32.1 Å². The molecule has 3 saturated heterocycles. The second-order valence-electron chi connectivity index (χ2n) is 12.8. The molecule has 0 radical (unpaired) electrons. The molecule has 3 aliphatic rings. The fourth-order valence-electron chi connectivity index (χ4n) is 7.50. The first-order valence-corrected chi connectivity index (χ1v) is 19.5. The van der Waals surface area contributed by atoms with Gasteiger partial charge in [0.15, 0.2) is 0 Å². The van der Waals surface area contributed by atoms with Gasteiger partial charge in [-0.2, -0.15) is 0 Å². The number of hydrogen-bond donors (Lipinski definition) is 2. The lowest BCUT2D eigenvalue weighted by Crippen LogP contribution is -2.34. The highest BCUT2D eigenvalue weighted by Crippen LogP contribution is 2.52. The van der Waals surface area contributed by atoms with E-state index in [9.17, 15) is 18.9 Å². The fourth-order valence-corrected chi connectivity index (χ4v) is 9.18. The predicted molar refractivity (Wildman–Crippen MR) is 162 cm³/mol. The molecular weight excluding hydrogens is 582 g/mol. The molecule has 2 bridgehead atoms. The molecule has 6 unspecified atom stereocenters. The second-order valence-corrected chi connectivity index (χ2v) is 15.7. The molecule has 0 saturated carbocycles. The van der Waals surface area contributed by atoms with E-state index in [0.717, 1.165) is 52.1 Å². The van der Waals surface area contributed by atoms with Crippen LogP contribution in [0.5, 0.6) is 0 Å². The zero-order valence-electron chi connectivity index (χ0n) is 26.7. The van der Waals surface area contributed by atoms with Crippen molar-refractivity contribution < 1.29 is 46.5 Å². The Labute approximate surface area is 254 Å². The van der Waals surface area contributed by atoms with Gasteiger partial charge in [-0.05, 0) is 57.8 Å². The summed E-state index contributed by atoms with van der Waals surface area (Å²) in [6.07, 6.45) is 10.7. The van der Waals surface area contributed by atoms with Gasteiger partial charge in [0.1, 0.15) is 18.3 Å². The largest absolute Gasteiger partial charge is 0.472 e. The van der Waals surface area contributed by atoms with Gasteiger partial charge < -0.3 is 19.3 Å². The van der Waals surface area contributed by atoms with Crippen molar-refractivity contribution >= 4 is 15.6 Å². The van der Waals surface area contributed by atoms with Crippen LogP contribution in [0.4, 0.5) is 0 Å². The Morgan fingerprint density at radius 3 is 2.00 bits per heavy atom. The molecule has 0 spiro atoms. The van der Waals surface area contributed by atoms with Crippen molar-refractivity contribution in [2.24, 2.45) is 23.7 Å². The first-order chi connectivity index (χ1) is 19.9. The molecule has 0 aromatic rings. The summed E-state index contributed by atoms with van der Waals surface area (Å²) in [6.45, 7) is 10.1. The van der Waals surface area contributed by atoms with Crippen LogP contribution < -0.4 is 0 Å². The quantitative estimate of drug-likeness (QED) is 0.253. The highest BCUT2D eigenvalue weighted by molar-refractivity contribution is 7.47. The van der Waals surface area contributed by atoms with Crippen LogP contribution in [0.2, 0.25) is 0 Å². The standard InChI is InChI=1S/C30H58O10P2/c1-7-12-23-14-10-11-15-24(13-8-2)17-19-26-22(5)38-28(30(26)39-41(31,32)35-6)20-36-42(33,34)40-29-25(18-16-23)21(4)37-27(29)9-3/h21-30H,7-20H2,1-6H3,(H,31,32)(H,33,34)/t21-,22-,23?,24?,25+,26+,27+,28+,29?,30?/m0/s1. The summed E-state index contributed by atoms with van der Waals surface area (Å²) < 4.78 is 59.9. The molecule has 0 aromatic heterocycles. The average Bonchev–Trinajstić information content (AvgIpc) is 3.39. The lowest BCUT2D eigenvalue weighted by molar-refractivity contribution is -0.0285. The summed E-state index contributed by atoms with van der Waals surface area (Å²) in [5.74, 6) is 0.970. The fraction of sp³-hybridized carbons (Fsp3) is 1.00. The minimum absolute atomic E-state index is 0.0143. The molecule has 3 fully saturated rings. The van der Waals surface area contributed by atoms with E-state index in [1.807, 2.05) is 20.8 Å². The molecule has 10 nitrogen and oxygen atoms in total. The van der Waals surface area contributed by atoms with Crippen molar-refractivity contribution in [3.8, 4) is 0 Å². The first kappa shape index (κ1) is 36.6. The SMILES string of the molecule is CCCC1CCCCC(CCC)CC[C@H]2C(OP(=O)(O)OC[C@H]3O[C@@H](C)[C@@H](CC1)C3OP(=O)(O)OC)[C@@H](CC)O[C@H]2C. The summed E-state index contributed by atoms with van der Waals surface area (Å²) in [4.78, 5) is 21.1. The van der Waals surface area contributed by atoms with Gasteiger partial charge in [0.05, 0.1) is 24.9 Å². The van der Waals surface area contributed by atoms with Gasteiger partial charge >= 0.3 is 15.6 Å². The average molecular weight is 641 g/mol. The molecule has 3 rings (SSSR count). The van der Waals surface area contributed by atoms with Crippen molar-refractivity contribution in [1.82, 2.24) is 0 Å². The molecule has 248 valence electrons. The van der Waals surface area contributed by atoms with Crippen molar-refractivity contribution in [3.05, 3.63) is 0 Å². The molecule has 3 heterocycles. The normalized spacial score (nSPS) is 42.7. The Kier molecular flexibility index (Phi) is 15.0. The predicted octanol–water partition coefficient (Wildman–Crippen LogP) is 7.80. The topological polar surface area (TPSA) is 130 Å². The van der Waals surface area contributed by atoms with E-state index in [0.29, 0.717) is 18.3 Å². The third kappa shape index (κ3) is 10.6. The first-order valence-electron chi connectivity index (χ1n) is 16.5. The Morgan fingerprint density at radius 2 is 1.45 bits per heavy atom. The summed E-state index contributed by atoms with van der Waals surface area (Å²) in [7, 11) is -7.74. The summed E-state index contributed by atoms with van der Waals surface area (Å²) in [5.41, 5.74) is 0. The molecule has 12 heteroatoms. The zero-order chi connectivity index (χ0) is 30.9. The van der Waals surface area contributed by atoms with Crippen LogP contribution in [0.15, 0.2) is 0 Å². The maximum absolute atomic E-state index is 13.3. The van der Waals surface area contributed by atoms with Crippen LogP contribution in [0.25, 0.3) is 0 Å². The number of phosphoric ester groups is 2. The van der Waals surface area contributed by atoms with Gasteiger partial charge in [-0.1, -0.05) is 72.1 Å². The van der Waals surface area contributed by atoms with E-state index in [-0.39, 0.29) is 36.8 Å². The monoisotopic (exact) mass is 640 g/mol. The van der Waals surface area contributed by atoms with Crippen molar-refractivity contribution in [2.45, 2.75) is 155 Å². The molecular formula is C30H58O10P2.